The van der Waals surface area contributed by atoms with E-state index in [2.05, 4.69) is 69.4 Å². The van der Waals surface area contributed by atoms with Gasteiger partial charge in [0, 0.05) is 37.4 Å². The molecule has 1 aliphatic rings. The van der Waals surface area contributed by atoms with Gasteiger partial charge < -0.3 is 4.90 Å². The Bertz CT molecular complexity index is 813. The molecule has 2 heterocycles. The highest BCUT2D eigenvalue weighted by molar-refractivity contribution is 6.30. The molecule has 0 amide bonds. The molecular weight excluding hydrogens is 342 g/mol. The lowest BCUT2D eigenvalue weighted by atomic mass is 9.96. The fraction of sp³-hybridized carbons (Fsp3) is 0.227. The molecule has 2 aromatic carbocycles. The van der Waals surface area contributed by atoms with Crippen molar-refractivity contribution in [3.05, 3.63) is 95.1 Å². The molecule has 0 aliphatic carbocycles. The Morgan fingerprint density at radius 3 is 2.04 bits per heavy atom. The van der Waals surface area contributed by atoms with E-state index in [1.807, 2.05) is 24.4 Å². The van der Waals surface area contributed by atoms with Gasteiger partial charge in [0.15, 0.2) is 0 Å². The number of rotatable bonds is 4. The predicted octanol–water partition coefficient (Wildman–Crippen LogP) is 4.65. The molecule has 0 saturated carbocycles. The van der Waals surface area contributed by atoms with Crippen LogP contribution in [0.3, 0.4) is 0 Å². The third-order valence-corrected chi connectivity index (χ3v) is 5.21. The second-order valence-electron chi connectivity index (χ2n) is 6.58. The number of nitrogens with zero attached hydrogens (tertiary/aromatic N) is 3. The molecule has 4 heteroatoms. The first-order valence-electron chi connectivity index (χ1n) is 9.02. The summed E-state index contributed by atoms with van der Waals surface area (Å²) < 4.78 is 0. The molecule has 1 aliphatic heterocycles. The van der Waals surface area contributed by atoms with Crippen LogP contribution >= 0.6 is 11.6 Å². The largest absolute Gasteiger partial charge is 0.354 e. The summed E-state index contributed by atoms with van der Waals surface area (Å²) in [5, 5.41) is 0.778. The maximum atomic E-state index is 6.11. The monoisotopic (exact) mass is 363 g/mol. The summed E-state index contributed by atoms with van der Waals surface area (Å²) in [7, 11) is 0. The molecule has 1 saturated heterocycles. The highest BCUT2D eigenvalue weighted by Crippen LogP contribution is 2.30. The number of hydrogen-bond acceptors (Lipinski definition) is 3. The van der Waals surface area contributed by atoms with E-state index in [1.165, 1.54) is 11.1 Å². The van der Waals surface area contributed by atoms with E-state index in [0.29, 0.717) is 0 Å². The standard InChI is InChI=1S/C22H22ClN3/c23-20-11-9-19(10-12-20)22(18-6-2-1-3-7-18)26-16-14-25(15-17-26)21-8-4-5-13-24-21/h1-13,22H,14-17H2. The van der Waals surface area contributed by atoms with E-state index in [4.69, 9.17) is 11.6 Å². The first-order chi connectivity index (χ1) is 12.8. The average molecular weight is 364 g/mol. The van der Waals surface area contributed by atoms with Crippen molar-refractivity contribution >= 4 is 17.4 Å². The van der Waals surface area contributed by atoms with Crippen molar-refractivity contribution in [3.8, 4) is 0 Å². The van der Waals surface area contributed by atoms with Crippen molar-refractivity contribution in [2.45, 2.75) is 6.04 Å². The molecule has 1 atom stereocenters. The Morgan fingerprint density at radius 1 is 0.731 bits per heavy atom. The zero-order valence-corrected chi connectivity index (χ0v) is 15.4. The Kier molecular flexibility index (Phi) is 5.19. The van der Waals surface area contributed by atoms with Crippen LogP contribution in [0.5, 0.6) is 0 Å². The topological polar surface area (TPSA) is 19.4 Å². The molecule has 1 unspecified atom stereocenters. The van der Waals surface area contributed by atoms with Gasteiger partial charge in [0.05, 0.1) is 6.04 Å². The van der Waals surface area contributed by atoms with E-state index >= 15 is 0 Å². The normalized spacial score (nSPS) is 16.4. The number of aromatic nitrogens is 1. The van der Waals surface area contributed by atoms with Gasteiger partial charge in [0.25, 0.3) is 0 Å². The fourth-order valence-corrected chi connectivity index (χ4v) is 3.77. The molecular formula is C22H22ClN3. The van der Waals surface area contributed by atoms with Crippen LogP contribution in [0.25, 0.3) is 0 Å². The quantitative estimate of drug-likeness (QED) is 0.672. The van der Waals surface area contributed by atoms with Crippen LogP contribution in [0.1, 0.15) is 17.2 Å². The summed E-state index contributed by atoms with van der Waals surface area (Å²) in [6.45, 7) is 3.96. The zero-order chi connectivity index (χ0) is 17.8. The van der Waals surface area contributed by atoms with Crippen LogP contribution in [-0.2, 0) is 0 Å². The number of pyridine rings is 1. The first-order valence-corrected chi connectivity index (χ1v) is 9.39. The van der Waals surface area contributed by atoms with Gasteiger partial charge in [-0.2, -0.15) is 0 Å². The van der Waals surface area contributed by atoms with Gasteiger partial charge in [-0.1, -0.05) is 60.1 Å². The summed E-state index contributed by atoms with van der Waals surface area (Å²) in [5.74, 6) is 1.06. The second-order valence-corrected chi connectivity index (χ2v) is 7.01. The summed E-state index contributed by atoms with van der Waals surface area (Å²) >= 11 is 6.11. The lowest BCUT2D eigenvalue weighted by molar-refractivity contribution is 0.212. The molecule has 26 heavy (non-hydrogen) atoms. The van der Waals surface area contributed by atoms with Gasteiger partial charge in [-0.25, -0.2) is 4.98 Å². The van der Waals surface area contributed by atoms with Gasteiger partial charge in [-0.3, -0.25) is 4.90 Å². The Balaban J connectivity index is 1.56. The van der Waals surface area contributed by atoms with Crippen molar-refractivity contribution in [3.63, 3.8) is 0 Å². The van der Waals surface area contributed by atoms with Crippen LogP contribution < -0.4 is 4.90 Å². The number of benzene rings is 2. The van der Waals surface area contributed by atoms with Crippen LogP contribution in [0.15, 0.2) is 79.0 Å². The van der Waals surface area contributed by atoms with Gasteiger partial charge in [0.1, 0.15) is 5.82 Å². The van der Waals surface area contributed by atoms with E-state index in [-0.39, 0.29) is 6.04 Å². The SMILES string of the molecule is Clc1ccc(C(c2ccccc2)N2CCN(c3ccccn3)CC2)cc1. The van der Waals surface area contributed by atoms with Gasteiger partial charge in [0.2, 0.25) is 0 Å². The molecule has 0 spiro atoms. The minimum absolute atomic E-state index is 0.249. The minimum atomic E-state index is 0.249. The summed E-state index contributed by atoms with van der Waals surface area (Å²) in [4.78, 5) is 9.41. The van der Waals surface area contributed by atoms with Crippen molar-refractivity contribution in [1.29, 1.82) is 0 Å². The smallest absolute Gasteiger partial charge is 0.128 e. The van der Waals surface area contributed by atoms with Crippen LogP contribution in [-0.4, -0.2) is 36.1 Å². The predicted molar refractivity (Wildman–Crippen MR) is 108 cm³/mol. The minimum Gasteiger partial charge on any atom is -0.354 e. The Morgan fingerprint density at radius 2 is 1.38 bits per heavy atom. The lowest BCUT2D eigenvalue weighted by Gasteiger charge is -2.40. The number of halogens is 1. The molecule has 0 radical (unpaired) electrons. The first kappa shape index (κ1) is 17.1. The Labute approximate surface area is 159 Å². The summed E-state index contributed by atoms with van der Waals surface area (Å²) in [5.41, 5.74) is 2.60. The molecule has 3 nitrogen and oxygen atoms in total. The molecule has 1 aromatic heterocycles. The van der Waals surface area contributed by atoms with E-state index in [1.54, 1.807) is 0 Å². The lowest BCUT2D eigenvalue weighted by Crippen LogP contribution is -2.48. The molecule has 3 aromatic rings. The maximum absolute atomic E-state index is 6.11. The van der Waals surface area contributed by atoms with Crippen LogP contribution in [0.2, 0.25) is 5.02 Å². The Hall–Kier alpha value is -2.36. The number of hydrogen-bond donors (Lipinski definition) is 0. The molecule has 0 bridgehead atoms. The van der Waals surface area contributed by atoms with Crippen LogP contribution in [0.4, 0.5) is 5.82 Å². The van der Waals surface area contributed by atoms with Crippen LogP contribution in [0, 0.1) is 0 Å². The van der Waals surface area contributed by atoms with Gasteiger partial charge >= 0.3 is 0 Å². The summed E-state index contributed by atoms with van der Waals surface area (Å²) in [6, 6.07) is 25.3. The van der Waals surface area contributed by atoms with Crippen molar-refractivity contribution < 1.29 is 0 Å². The van der Waals surface area contributed by atoms with E-state index in [0.717, 1.165) is 37.0 Å². The van der Waals surface area contributed by atoms with Crippen molar-refractivity contribution in [1.82, 2.24) is 9.88 Å². The molecule has 132 valence electrons. The van der Waals surface area contributed by atoms with Crippen molar-refractivity contribution in [2.24, 2.45) is 0 Å². The highest BCUT2D eigenvalue weighted by atomic mass is 35.5. The molecule has 1 fully saturated rings. The summed E-state index contributed by atoms with van der Waals surface area (Å²) in [6.07, 6.45) is 1.86. The fourth-order valence-electron chi connectivity index (χ4n) is 3.64. The zero-order valence-electron chi connectivity index (χ0n) is 14.6. The molecule has 4 rings (SSSR count). The van der Waals surface area contributed by atoms with Gasteiger partial charge in [-0.05, 0) is 35.4 Å². The number of piperazine rings is 1. The van der Waals surface area contributed by atoms with Crippen molar-refractivity contribution in [2.75, 3.05) is 31.1 Å². The van der Waals surface area contributed by atoms with Gasteiger partial charge in [-0.15, -0.1) is 0 Å². The number of anilines is 1. The van der Waals surface area contributed by atoms with E-state index in [9.17, 15) is 0 Å². The average Bonchev–Trinajstić information content (AvgIpc) is 2.72. The highest BCUT2D eigenvalue weighted by Gasteiger charge is 2.26. The second kappa shape index (κ2) is 7.90. The third kappa shape index (κ3) is 3.74. The maximum Gasteiger partial charge on any atom is 0.128 e. The third-order valence-electron chi connectivity index (χ3n) is 4.95. The molecule has 0 N–H and O–H groups in total. The van der Waals surface area contributed by atoms with E-state index < -0.39 is 0 Å².